The van der Waals surface area contributed by atoms with Crippen molar-refractivity contribution in [3.8, 4) is 23.4 Å². The summed E-state index contributed by atoms with van der Waals surface area (Å²) in [6, 6.07) is 11.9. The summed E-state index contributed by atoms with van der Waals surface area (Å²) in [5, 5.41) is 16.8. The van der Waals surface area contributed by atoms with Crippen molar-refractivity contribution < 1.29 is 18.6 Å². The lowest BCUT2D eigenvalue weighted by Crippen LogP contribution is -2.21. The molecule has 0 unspecified atom stereocenters. The molecule has 1 aliphatic rings. The van der Waals surface area contributed by atoms with Gasteiger partial charge in [-0.25, -0.2) is 4.39 Å². The van der Waals surface area contributed by atoms with Crippen molar-refractivity contribution in [2.75, 3.05) is 7.11 Å². The van der Waals surface area contributed by atoms with Gasteiger partial charge in [-0.15, -0.1) is 5.10 Å². The molecule has 31 heavy (non-hydrogen) atoms. The first-order valence-corrected chi connectivity index (χ1v) is 10.1. The number of fused-ring (bicyclic) bond motifs is 1. The Balaban J connectivity index is 1.73. The Bertz CT molecular complexity index is 1210. The number of ether oxygens (including phenoxy) is 3. The fourth-order valence-electron chi connectivity index (χ4n) is 3.51. The van der Waals surface area contributed by atoms with Crippen LogP contribution in [0.2, 0.25) is 0 Å². The average molecular weight is 485 g/mol. The summed E-state index contributed by atoms with van der Waals surface area (Å²) in [4.78, 5) is 0. The smallest absolute Gasteiger partial charge is 0.244 e. The summed E-state index contributed by atoms with van der Waals surface area (Å²) in [7, 11) is 1.53. The van der Waals surface area contributed by atoms with E-state index in [4.69, 9.17) is 19.9 Å². The van der Waals surface area contributed by atoms with Crippen LogP contribution in [0.3, 0.4) is 0 Å². The summed E-state index contributed by atoms with van der Waals surface area (Å²) >= 11 is 3.55. The van der Waals surface area contributed by atoms with Gasteiger partial charge >= 0.3 is 0 Å². The van der Waals surface area contributed by atoms with E-state index in [-0.39, 0.29) is 23.9 Å². The highest BCUT2D eigenvalue weighted by molar-refractivity contribution is 9.10. The van der Waals surface area contributed by atoms with Crippen molar-refractivity contribution in [3.05, 3.63) is 80.5 Å². The third-order valence-corrected chi connectivity index (χ3v) is 5.60. The molecular weight excluding hydrogens is 467 g/mol. The molecule has 2 heterocycles. The van der Waals surface area contributed by atoms with Crippen LogP contribution in [-0.4, -0.2) is 17.3 Å². The van der Waals surface area contributed by atoms with Crippen LogP contribution in [0.5, 0.6) is 17.4 Å². The zero-order valence-corrected chi connectivity index (χ0v) is 18.3. The van der Waals surface area contributed by atoms with Crippen molar-refractivity contribution >= 4 is 15.9 Å². The molecule has 0 bridgehead atoms. The second kappa shape index (κ2) is 8.32. The van der Waals surface area contributed by atoms with E-state index in [9.17, 15) is 9.65 Å². The Morgan fingerprint density at radius 1 is 1.32 bits per heavy atom. The van der Waals surface area contributed by atoms with Gasteiger partial charge < -0.3 is 19.9 Å². The number of rotatable bonds is 5. The number of allylic oxidation sites excluding steroid dienone is 1. The number of aromatic amines is 1. The molecule has 158 valence electrons. The maximum absolute atomic E-state index is 13.1. The quantitative estimate of drug-likeness (QED) is 0.554. The maximum Gasteiger partial charge on any atom is 0.244 e. The number of nitrogens with two attached hydrogens (primary N) is 1. The fourth-order valence-corrected chi connectivity index (χ4v) is 4.09. The summed E-state index contributed by atoms with van der Waals surface area (Å²) in [5.41, 5.74) is 9.34. The molecule has 0 aliphatic carbocycles. The van der Waals surface area contributed by atoms with E-state index in [1.165, 1.54) is 19.2 Å². The lowest BCUT2D eigenvalue weighted by Gasteiger charge is -2.25. The second-order valence-corrected chi connectivity index (χ2v) is 7.80. The Kier molecular flexibility index (Phi) is 5.57. The van der Waals surface area contributed by atoms with E-state index < -0.39 is 5.92 Å². The van der Waals surface area contributed by atoms with E-state index in [2.05, 4.69) is 32.2 Å². The van der Waals surface area contributed by atoms with E-state index >= 15 is 0 Å². The summed E-state index contributed by atoms with van der Waals surface area (Å²) in [6.45, 7) is 2.08. The molecule has 0 saturated heterocycles. The Labute approximate surface area is 186 Å². The third kappa shape index (κ3) is 3.82. The number of aryl methyl sites for hydroxylation is 1. The lowest BCUT2D eigenvalue weighted by atomic mass is 9.84. The van der Waals surface area contributed by atoms with Crippen molar-refractivity contribution in [2.45, 2.75) is 19.4 Å². The fraction of sp³-hybridized carbons (Fsp3) is 0.182. The minimum atomic E-state index is -0.483. The molecule has 7 nitrogen and oxygen atoms in total. The van der Waals surface area contributed by atoms with Crippen molar-refractivity contribution in [1.82, 2.24) is 10.2 Å². The van der Waals surface area contributed by atoms with Gasteiger partial charge in [-0.05, 0) is 58.2 Å². The van der Waals surface area contributed by atoms with Gasteiger partial charge in [0.05, 0.1) is 17.5 Å². The molecule has 4 rings (SSSR count). The number of H-pyrrole nitrogens is 1. The molecule has 1 aromatic heterocycles. The van der Waals surface area contributed by atoms with Gasteiger partial charge in [-0.2, -0.15) is 5.26 Å². The molecule has 2 aromatic carbocycles. The van der Waals surface area contributed by atoms with E-state index in [1.807, 2.05) is 13.0 Å². The van der Waals surface area contributed by atoms with Crippen LogP contribution in [0.1, 0.15) is 28.3 Å². The number of halogens is 2. The van der Waals surface area contributed by atoms with Gasteiger partial charge in [0.1, 0.15) is 24.1 Å². The molecule has 0 amide bonds. The van der Waals surface area contributed by atoms with Crippen LogP contribution in [0, 0.1) is 24.1 Å². The first kappa shape index (κ1) is 20.8. The van der Waals surface area contributed by atoms with Crippen LogP contribution >= 0.6 is 15.9 Å². The molecule has 0 saturated carbocycles. The Morgan fingerprint density at radius 3 is 2.74 bits per heavy atom. The minimum absolute atomic E-state index is 0.0122. The van der Waals surface area contributed by atoms with E-state index in [1.54, 1.807) is 18.2 Å². The van der Waals surface area contributed by atoms with Gasteiger partial charge in [0.25, 0.3) is 0 Å². The van der Waals surface area contributed by atoms with E-state index in [0.29, 0.717) is 21.9 Å². The number of nitrogens with one attached hydrogen (secondary N) is 1. The first-order chi connectivity index (χ1) is 14.9. The van der Waals surface area contributed by atoms with Crippen LogP contribution in [0.25, 0.3) is 0 Å². The largest absolute Gasteiger partial charge is 0.493 e. The molecule has 0 fully saturated rings. The van der Waals surface area contributed by atoms with Gasteiger partial charge in [0.2, 0.25) is 11.8 Å². The summed E-state index contributed by atoms with van der Waals surface area (Å²) < 4.78 is 30.8. The second-order valence-electron chi connectivity index (χ2n) is 6.94. The topological polar surface area (TPSA) is 106 Å². The number of nitriles is 1. The van der Waals surface area contributed by atoms with E-state index in [0.717, 1.165) is 22.4 Å². The van der Waals surface area contributed by atoms with Crippen LogP contribution < -0.4 is 19.9 Å². The lowest BCUT2D eigenvalue weighted by molar-refractivity contribution is 0.282. The standard InChI is InChI=1S/C22H18BrFN4O3/c1-11-18-19(15(9-25)21(26)31-22(18)28-27-11)13-7-16(23)20(17(8-13)29-2)30-10-12-3-5-14(24)6-4-12/h3-8,19H,10,26H2,1-2H3,(H,27,28)/t19-/m0/s1. The molecule has 1 atom stereocenters. The summed E-state index contributed by atoms with van der Waals surface area (Å²) in [5.74, 6) is 0.518. The van der Waals surface area contributed by atoms with Crippen LogP contribution in [0.15, 0.2) is 52.3 Å². The minimum Gasteiger partial charge on any atom is -0.493 e. The molecule has 0 spiro atoms. The third-order valence-electron chi connectivity index (χ3n) is 5.01. The molecule has 3 N–H and O–H groups in total. The first-order valence-electron chi connectivity index (χ1n) is 9.30. The Morgan fingerprint density at radius 2 is 2.06 bits per heavy atom. The predicted molar refractivity (Wildman–Crippen MR) is 114 cm³/mol. The van der Waals surface area contributed by atoms with Crippen LogP contribution in [-0.2, 0) is 6.61 Å². The predicted octanol–water partition coefficient (Wildman–Crippen LogP) is 4.43. The zero-order valence-electron chi connectivity index (χ0n) is 16.7. The maximum atomic E-state index is 13.1. The van der Waals surface area contributed by atoms with Gasteiger partial charge in [0, 0.05) is 11.3 Å². The number of nitrogens with zero attached hydrogens (tertiary/aromatic N) is 2. The van der Waals surface area contributed by atoms with Gasteiger partial charge in [-0.1, -0.05) is 12.1 Å². The number of benzene rings is 2. The molecule has 1 aliphatic heterocycles. The highest BCUT2D eigenvalue weighted by Crippen LogP contribution is 2.46. The monoisotopic (exact) mass is 484 g/mol. The van der Waals surface area contributed by atoms with Gasteiger partial charge in [-0.3, -0.25) is 5.10 Å². The zero-order chi connectivity index (χ0) is 22.1. The highest BCUT2D eigenvalue weighted by Gasteiger charge is 2.35. The molecular formula is C22H18BrFN4O3. The van der Waals surface area contributed by atoms with Crippen molar-refractivity contribution in [1.29, 1.82) is 5.26 Å². The van der Waals surface area contributed by atoms with Crippen molar-refractivity contribution in [2.24, 2.45) is 5.73 Å². The van der Waals surface area contributed by atoms with Gasteiger partial charge in [0.15, 0.2) is 11.5 Å². The SMILES string of the molecule is COc1cc([C@H]2C(C#N)=C(N)Oc3n[nH]c(C)c32)cc(Br)c1OCc1ccc(F)cc1. The number of hydrogen-bond donors (Lipinski definition) is 2. The highest BCUT2D eigenvalue weighted by atomic mass is 79.9. The summed E-state index contributed by atoms with van der Waals surface area (Å²) in [6.07, 6.45) is 0. The molecule has 9 heteroatoms. The normalized spacial score (nSPS) is 15.1. The average Bonchev–Trinajstić information content (AvgIpc) is 3.12. The van der Waals surface area contributed by atoms with Crippen LogP contribution in [0.4, 0.5) is 4.39 Å². The number of aromatic nitrogens is 2. The number of hydrogen-bond acceptors (Lipinski definition) is 6. The Hall–Kier alpha value is -3.51. The van der Waals surface area contributed by atoms with Crippen molar-refractivity contribution in [3.63, 3.8) is 0 Å². The molecule has 3 aromatic rings. The molecule has 0 radical (unpaired) electrons. The number of methoxy groups -OCH3 is 1.